The van der Waals surface area contributed by atoms with Crippen molar-refractivity contribution >= 4 is 11.9 Å². The number of esters is 2. The summed E-state index contributed by atoms with van der Waals surface area (Å²) in [5.74, 6) is -1.05. The summed E-state index contributed by atoms with van der Waals surface area (Å²) in [7, 11) is 0. The van der Waals surface area contributed by atoms with Crippen LogP contribution in [-0.2, 0) is 32.2 Å². The summed E-state index contributed by atoms with van der Waals surface area (Å²) in [6, 6.07) is 0. The van der Waals surface area contributed by atoms with Gasteiger partial charge in [-0.15, -0.1) is 0 Å². The van der Waals surface area contributed by atoms with E-state index in [1.54, 1.807) is 13.8 Å². The Kier molecular flexibility index (Phi) is 11.6. The summed E-state index contributed by atoms with van der Waals surface area (Å²) in [5, 5.41) is 0. The highest BCUT2D eigenvalue weighted by Gasteiger charge is 2.09. The topological polar surface area (TPSA) is 162 Å². The van der Waals surface area contributed by atoms with Crippen LogP contribution < -0.4 is 22.5 Å². The summed E-state index contributed by atoms with van der Waals surface area (Å²) in [6.07, 6.45) is 10.1. The van der Waals surface area contributed by atoms with Crippen molar-refractivity contribution < 1.29 is 19.1 Å². The highest BCUT2D eigenvalue weighted by molar-refractivity contribution is 5.69. The van der Waals surface area contributed by atoms with Crippen LogP contribution in [0.1, 0.15) is 62.5 Å². The number of H-pyrrole nitrogens is 2. The van der Waals surface area contributed by atoms with Crippen LogP contribution in [0.5, 0.6) is 0 Å². The Balaban J connectivity index is 1.45. The van der Waals surface area contributed by atoms with Gasteiger partial charge >= 0.3 is 23.3 Å². The number of aromatic amines is 2. The van der Waals surface area contributed by atoms with E-state index < -0.39 is 34.4 Å². The Morgan fingerprint density at radius 1 is 0.639 bits per heavy atom. The number of ether oxygens (including phenoxy) is 2. The van der Waals surface area contributed by atoms with Crippen LogP contribution in [-0.4, -0.2) is 44.3 Å². The normalized spacial score (nSPS) is 10.8. The number of nitrogens with zero attached hydrogens (tertiary/aromatic N) is 2. The molecule has 12 heteroatoms. The largest absolute Gasteiger partial charge is 0.464 e. The van der Waals surface area contributed by atoms with Gasteiger partial charge in [0.2, 0.25) is 0 Å². The van der Waals surface area contributed by atoms with Gasteiger partial charge in [-0.3, -0.25) is 38.3 Å². The predicted molar refractivity (Wildman–Crippen MR) is 131 cm³/mol. The van der Waals surface area contributed by atoms with E-state index >= 15 is 0 Å². The van der Waals surface area contributed by atoms with E-state index in [-0.39, 0.29) is 26.3 Å². The number of nitrogens with one attached hydrogen (secondary N) is 2. The number of carbonyl (C=O) groups excluding carboxylic acids is 2. The van der Waals surface area contributed by atoms with Crippen molar-refractivity contribution in [2.75, 3.05) is 13.2 Å². The number of aryl methyl sites for hydroxylation is 2. The lowest BCUT2D eigenvalue weighted by Crippen LogP contribution is -2.33. The number of hydrogen-bond donors (Lipinski definition) is 2. The quantitative estimate of drug-likeness (QED) is 0.266. The van der Waals surface area contributed by atoms with Gasteiger partial charge in [-0.25, -0.2) is 9.59 Å². The van der Waals surface area contributed by atoms with Gasteiger partial charge in [-0.1, -0.05) is 38.5 Å². The van der Waals surface area contributed by atoms with Crippen LogP contribution in [0.15, 0.2) is 31.6 Å². The molecule has 36 heavy (non-hydrogen) atoms. The predicted octanol–water partition coefficient (Wildman–Crippen LogP) is 0.911. The second-order valence-electron chi connectivity index (χ2n) is 8.67. The highest BCUT2D eigenvalue weighted by Crippen LogP contribution is 2.09. The maximum atomic E-state index is 11.9. The van der Waals surface area contributed by atoms with E-state index in [0.29, 0.717) is 11.1 Å². The highest BCUT2D eigenvalue weighted by atomic mass is 16.5. The summed E-state index contributed by atoms with van der Waals surface area (Å²) in [5.41, 5.74) is -1.53. The van der Waals surface area contributed by atoms with Crippen LogP contribution in [0.4, 0.5) is 0 Å². The average Bonchev–Trinajstić information content (AvgIpc) is 2.81. The standard InChI is InChI=1S/C24H34N4O8/c1-17-13-27(23(33)25-21(17)31)15-19(29)35-11-9-7-5-3-4-6-8-10-12-36-20(30)16-28-14-18(2)22(32)26-24(28)34/h13-14H,3-12,15-16H2,1-2H3,(H,25,31,33)(H,26,32,34). The Morgan fingerprint density at radius 2 is 0.972 bits per heavy atom. The van der Waals surface area contributed by atoms with Gasteiger partial charge in [0.25, 0.3) is 11.1 Å². The zero-order valence-corrected chi connectivity index (χ0v) is 20.8. The summed E-state index contributed by atoms with van der Waals surface area (Å²) < 4.78 is 12.5. The molecule has 2 rings (SSSR count). The van der Waals surface area contributed by atoms with E-state index in [1.165, 1.54) is 12.4 Å². The molecule has 0 amide bonds. The maximum Gasteiger partial charge on any atom is 0.328 e. The molecular weight excluding hydrogens is 472 g/mol. The van der Waals surface area contributed by atoms with Gasteiger partial charge < -0.3 is 9.47 Å². The monoisotopic (exact) mass is 506 g/mol. The minimum Gasteiger partial charge on any atom is -0.464 e. The average molecular weight is 507 g/mol. The van der Waals surface area contributed by atoms with Gasteiger partial charge in [0.15, 0.2) is 0 Å². The Bertz CT molecular complexity index is 1160. The minimum absolute atomic E-state index is 0.239. The zero-order valence-electron chi connectivity index (χ0n) is 20.8. The van der Waals surface area contributed by atoms with Gasteiger partial charge in [0.05, 0.1) is 13.2 Å². The molecule has 0 saturated carbocycles. The third-order valence-corrected chi connectivity index (χ3v) is 5.54. The van der Waals surface area contributed by atoms with Gasteiger partial charge in [0.1, 0.15) is 13.1 Å². The van der Waals surface area contributed by atoms with Crippen LogP contribution in [0, 0.1) is 13.8 Å². The molecule has 0 aliphatic heterocycles. The first-order valence-electron chi connectivity index (χ1n) is 12.1. The number of aromatic nitrogens is 4. The van der Waals surface area contributed by atoms with Crippen LogP contribution in [0.2, 0.25) is 0 Å². The molecule has 0 aliphatic carbocycles. The summed E-state index contributed by atoms with van der Waals surface area (Å²) in [4.78, 5) is 74.1. The van der Waals surface area contributed by atoms with E-state index in [2.05, 4.69) is 9.97 Å². The molecule has 0 atom stereocenters. The van der Waals surface area contributed by atoms with Gasteiger partial charge in [0, 0.05) is 23.5 Å². The second kappa shape index (κ2) is 14.6. The smallest absolute Gasteiger partial charge is 0.328 e. The molecule has 12 nitrogen and oxygen atoms in total. The summed E-state index contributed by atoms with van der Waals surface area (Å²) >= 11 is 0. The minimum atomic E-state index is -0.640. The third-order valence-electron chi connectivity index (χ3n) is 5.54. The lowest BCUT2D eigenvalue weighted by molar-refractivity contribution is -0.145. The molecule has 2 heterocycles. The number of hydrogen-bond acceptors (Lipinski definition) is 8. The molecule has 0 radical (unpaired) electrons. The molecule has 0 saturated heterocycles. The molecule has 0 aliphatic rings. The fraction of sp³-hybridized carbons (Fsp3) is 0.583. The van der Waals surface area contributed by atoms with Crippen molar-refractivity contribution in [2.45, 2.75) is 78.3 Å². The van der Waals surface area contributed by atoms with Crippen molar-refractivity contribution in [3.8, 4) is 0 Å². The Hall–Kier alpha value is -3.70. The molecular formula is C24H34N4O8. The lowest BCUT2D eigenvalue weighted by atomic mass is 10.1. The molecule has 198 valence electrons. The fourth-order valence-corrected chi connectivity index (χ4v) is 3.48. The first-order chi connectivity index (χ1) is 17.2. The Labute approximate surface area is 207 Å². The SMILES string of the molecule is Cc1cn(CC(=O)OCCCCCCCCCCOC(=O)Cn2cc(C)c(=O)[nH]c2=O)c(=O)[nH]c1=O. The van der Waals surface area contributed by atoms with Crippen molar-refractivity contribution in [1.82, 2.24) is 19.1 Å². The number of rotatable bonds is 15. The molecule has 0 bridgehead atoms. The molecule has 0 aromatic carbocycles. The number of unbranched alkanes of at least 4 members (excludes halogenated alkanes) is 7. The molecule has 0 unspecified atom stereocenters. The van der Waals surface area contributed by atoms with Crippen LogP contribution >= 0.6 is 0 Å². The van der Waals surface area contributed by atoms with Gasteiger partial charge in [-0.05, 0) is 26.7 Å². The Morgan fingerprint density at radius 3 is 1.33 bits per heavy atom. The first-order valence-corrected chi connectivity index (χ1v) is 12.1. The van der Waals surface area contributed by atoms with Crippen molar-refractivity contribution in [1.29, 1.82) is 0 Å². The maximum absolute atomic E-state index is 11.9. The summed E-state index contributed by atoms with van der Waals surface area (Å²) in [6.45, 7) is 3.20. The molecule has 0 fully saturated rings. The second-order valence-corrected chi connectivity index (χ2v) is 8.67. The van der Waals surface area contributed by atoms with E-state index in [9.17, 15) is 28.8 Å². The van der Waals surface area contributed by atoms with Crippen LogP contribution in [0.25, 0.3) is 0 Å². The van der Waals surface area contributed by atoms with E-state index in [1.807, 2.05) is 0 Å². The third kappa shape index (κ3) is 9.88. The molecule has 2 aromatic rings. The van der Waals surface area contributed by atoms with E-state index in [0.717, 1.165) is 60.5 Å². The molecule has 0 spiro atoms. The van der Waals surface area contributed by atoms with Crippen molar-refractivity contribution in [2.24, 2.45) is 0 Å². The van der Waals surface area contributed by atoms with E-state index in [4.69, 9.17) is 9.47 Å². The molecule has 2 aromatic heterocycles. The van der Waals surface area contributed by atoms with Crippen molar-refractivity contribution in [3.05, 3.63) is 65.2 Å². The lowest BCUT2D eigenvalue weighted by Gasteiger charge is -2.08. The number of carbonyl (C=O) groups is 2. The molecule has 2 N–H and O–H groups in total. The van der Waals surface area contributed by atoms with Gasteiger partial charge in [-0.2, -0.15) is 0 Å². The van der Waals surface area contributed by atoms with Crippen LogP contribution in [0.3, 0.4) is 0 Å². The first kappa shape index (κ1) is 28.5. The fourth-order valence-electron chi connectivity index (χ4n) is 3.48. The van der Waals surface area contributed by atoms with Crippen molar-refractivity contribution in [3.63, 3.8) is 0 Å². The zero-order chi connectivity index (χ0) is 26.5.